The zero-order valence-corrected chi connectivity index (χ0v) is 24.3. The number of amides is 1. The maximum Gasteiger partial charge on any atom is 0.265 e. The second-order valence-electron chi connectivity index (χ2n) is 9.37. The second kappa shape index (κ2) is 13.0. The van der Waals surface area contributed by atoms with Crippen LogP contribution in [0.25, 0.3) is 11.1 Å². The molecule has 0 saturated heterocycles. The summed E-state index contributed by atoms with van der Waals surface area (Å²) < 4.78 is 40.0. The number of sulfonamides is 1. The monoisotopic (exact) mass is 577 g/mol. The van der Waals surface area contributed by atoms with Crippen LogP contribution in [0.4, 0.5) is 0 Å². The minimum Gasteiger partial charge on any atom is -0.497 e. The highest BCUT2D eigenvalue weighted by Gasteiger charge is 2.24. The quantitative estimate of drug-likeness (QED) is 0.207. The first-order valence-electron chi connectivity index (χ1n) is 13.0. The predicted octanol–water partition coefficient (Wildman–Crippen LogP) is 7.02. The second-order valence-corrected chi connectivity index (χ2v) is 11.4. The highest BCUT2D eigenvalue weighted by atomic mass is 35.5. The van der Waals surface area contributed by atoms with Gasteiger partial charge in [0.2, 0.25) is 0 Å². The van der Waals surface area contributed by atoms with Crippen LogP contribution in [0, 0.1) is 6.92 Å². The van der Waals surface area contributed by atoms with Gasteiger partial charge in [0.15, 0.2) is 0 Å². The van der Waals surface area contributed by atoms with E-state index in [2.05, 4.69) is 4.72 Å². The molecule has 0 aliphatic carbocycles. The van der Waals surface area contributed by atoms with Gasteiger partial charge in [-0.3, -0.25) is 4.79 Å². The normalized spacial score (nSPS) is 11.2. The average molecular weight is 578 g/mol. The summed E-state index contributed by atoms with van der Waals surface area (Å²) >= 11 is 6.14. The minimum atomic E-state index is -4.15. The van der Waals surface area contributed by atoms with Gasteiger partial charge in [-0.15, -0.1) is 0 Å². The number of carbonyl (C=O) groups excluding carboxylic acids is 1. The highest BCUT2D eigenvalue weighted by Crippen LogP contribution is 2.35. The van der Waals surface area contributed by atoms with Crippen molar-refractivity contribution in [3.8, 4) is 22.6 Å². The van der Waals surface area contributed by atoms with Crippen LogP contribution < -0.4 is 14.2 Å². The summed E-state index contributed by atoms with van der Waals surface area (Å²) in [6, 6.07) is 25.5. The van der Waals surface area contributed by atoms with Crippen molar-refractivity contribution in [3.05, 3.63) is 112 Å². The van der Waals surface area contributed by atoms with Crippen molar-refractivity contribution in [3.63, 3.8) is 0 Å². The van der Waals surface area contributed by atoms with Crippen LogP contribution >= 0.6 is 11.6 Å². The maximum atomic E-state index is 13.4. The van der Waals surface area contributed by atoms with Crippen LogP contribution in [-0.4, -0.2) is 28.0 Å². The molecule has 0 aliphatic rings. The van der Waals surface area contributed by atoms with E-state index in [9.17, 15) is 13.2 Å². The van der Waals surface area contributed by atoms with Gasteiger partial charge in [-0.05, 0) is 78.8 Å². The van der Waals surface area contributed by atoms with E-state index in [1.807, 2.05) is 61.5 Å². The van der Waals surface area contributed by atoms with Gasteiger partial charge in [0.1, 0.15) is 11.5 Å². The van der Waals surface area contributed by atoms with Crippen LogP contribution in [0.15, 0.2) is 89.8 Å². The van der Waals surface area contributed by atoms with E-state index in [1.54, 1.807) is 38.3 Å². The van der Waals surface area contributed by atoms with E-state index in [1.165, 1.54) is 6.07 Å². The van der Waals surface area contributed by atoms with Crippen LogP contribution in [0.3, 0.4) is 0 Å². The summed E-state index contributed by atoms with van der Waals surface area (Å²) in [5.41, 5.74) is 4.19. The molecule has 0 fully saturated rings. The fraction of sp³-hybridized carbons (Fsp3) is 0.219. The molecule has 4 rings (SSSR count). The summed E-state index contributed by atoms with van der Waals surface area (Å²) in [6.07, 6.45) is 2.04. The molecule has 40 heavy (non-hydrogen) atoms. The molecule has 0 spiro atoms. The van der Waals surface area contributed by atoms with E-state index < -0.39 is 15.9 Å². The molecule has 0 bridgehead atoms. The van der Waals surface area contributed by atoms with Gasteiger partial charge in [0.25, 0.3) is 15.9 Å². The first-order valence-corrected chi connectivity index (χ1v) is 14.9. The molecule has 6 nitrogen and oxygen atoms in total. The number of nitrogens with one attached hydrogen (secondary N) is 1. The van der Waals surface area contributed by atoms with E-state index >= 15 is 0 Å². The molecule has 4 aromatic rings. The lowest BCUT2D eigenvalue weighted by atomic mass is 9.94. The molecule has 1 N–H and O–H groups in total. The molecule has 0 saturated carbocycles. The van der Waals surface area contributed by atoms with Crippen molar-refractivity contribution < 1.29 is 22.7 Å². The number of rotatable bonds is 11. The Morgan fingerprint density at radius 3 is 2.42 bits per heavy atom. The number of carbonyl (C=O) groups is 1. The van der Waals surface area contributed by atoms with Crippen molar-refractivity contribution in [2.75, 3.05) is 13.7 Å². The van der Waals surface area contributed by atoms with Crippen LogP contribution in [-0.2, 0) is 22.9 Å². The third-order valence-electron chi connectivity index (χ3n) is 6.57. The Hall–Kier alpha value is -3.81. The Balaban J connectivity index is 1.73. The van der Waals surface area contributed by atoms with Gasteiger partial charge in [0.05, 0.1) is 18.6 Å². The van der Waals surface area contributed by atoms with E-state index in [-0.39, 0.29) is 10.5 Å². The lowest BCUT2D eigenvalue weighted by molar-refractivity contribution is 0.0980. The van der Waals surface area contributed by atoms with Crippen molar-refractivity contribution >= 4 is 27.5 Å². The number of benzene rings is 4. The Bertz CT molecular complexity index is 1600. The third-order valence-corrected chi connectivity index (χ3v) is 8.46. The number of methoxy groups -OCH3 is 1. The molecule has 0 atom stereocenters. The zero-order chi connectivity index (χ0) is 28.7. The SMILES string of the molecule is CCCOc1cc(OC)ccc1-c1ccc(C(=O)NS(=O)(=O)c2cccc(Cl)c2C)c(CCc2ccccc2)c1. The minimum absolute atomic E-state index is 0.0354. The van der Waals surface area contributed by atoms with Gasteiger partial charge in [-0.1, -0.05) is 67.1 Å². The standard InChI is InChI=1S/C32H32ClNO5S/c1-4-19-39-30-21-26(38-3)16-18-27(30)24-15-17-28(25(20-24)14-13-23-9-6-5-7-10-23)32(35)34-40(36,37)31-12-8-11-29(33)22(31)2/h5-12,15-18,20-21H,4,13-14,19H2,1-3H3,(H,34,35). The molecule has 0 aliphatic heterocycles. The smallest absolute Gasteiger partial charge is 0.265 e. The summed E-state index contributed by atoms with van der Waals surface area (Å²) in [5, 5.41) is 0.309. The highest BCUT2D eigenvalue weighted by molar-refractivity contribution is 7.90. The molecule has 208 valence electrons. The number of hydrogen-bond acceptors (Lipinski definition) is 5. The number of halogens is 1. The molecule has 0 heterocycles. The fourth-order valence-electron chi connectivity index (χ4n) is 4.42. The van der Waals surface area contributed by atoms with Crippen LogP contribution in [0.1, 0.15) is 40.4 Å². The Kier molecular flexibility index (Phi) is 9.50. The fourth-order valence-corrected chi connectivity index (χ4v) is 5.89. The Labute approximate surface area is 241 Å². The maximum absolute atomic E-state index is 13.4. The van der Waals surface area contributed by atoms with Crippen LogP contribution in [0.2, 0.25) is 5.02 Å². The first kappa shape index (κ1) is 29.2. The van der Waals surface area contributed by atoms with Gasteiger partial charge in [0, 0.05) is 22.2 Å². The molecule has 0 radical (unpaired) electrons. The van der Waals surface area contributed by atoms with Crippen molar-refractivity contribution in [1.82, 2.24) is 4.72 Å². The molecular formula is C32H32ClNO5S. The molecule has 4 aromatic carbocycles. The number of ether oxygens (including phenoxy) is 2. The first-order chi connectivity index (χ1) is 19.2. The van der Waals surface area contributed by atoms with E-state index in [0.717, 1.165) is 23.1 Å². The molecule has 0 unspecified atom stereocenters. The van der Waals surface area contributed by atoms with Crippen molar-refractivity contribution in [2.24, 2.45) is 0 Å². The summed E-state index contributed by atoms with van der Waals surface area (Å²) in [5.74, 6) is 0.647. The topological polar surface area (TPSA) is 81.7 Å². The van der Waals surface area contributed by atoms with Gasteiger partial charge >= 0.3 is 0 Å². The summed E-state index contributed by atoms with van der Waals surface area (Å²) in [7, 11) is -2.55. The van der Waals surface area contributed by atoms with Gasteiger partial charge < -0.3 is 9.47 Å². The molecule has 1 amide bonds. The van der Waals surface area contributed by atoms with Gasteiger partial charge in [-0.25, -0.2) is 13.1 Å². The summed E-state index contributed by atoms with van der Waals surface area (Å²) in [6.45, 7) is 4.19. The Morgan fingerprint density at radius 1 is 0.925 bits per heavy atom. The van der Waals surface area contributed by atoms with Crippen molar-refractivity contribution in [2.45, 2.75) is 38.0 Å². The van der Waals surface area contributed by atoms with Crippen molar-refractivity contribution in [1.29, 1.82) is 0 Å². The molecule has 8 heteroatoms. The van der Waals surface area contributed by atoms with Gasteiger partial charge in [-0.2, -0.15) is 0 Å². The molecule has 0 aromatic heterocycles. The van der Waals surface area contributed by atoms with E-state index in [4.69, 9.17) is 21.1 Å². The predicted molar refractivity (Wildman–Crippen MR) is 159 cm³/mol. The summed E-state index contributed by atoms with van der Waals surface area (Å²) in [4.78, 5) is 13.4. The lowest BCUT2D eigenvalue weighted by Crippen LogP contribution is -2.31. The van der Waals surface area contributed by atoms with Crippen LogP contribution in [0.5, 0.6) is 11.5 Å². The number of aryl methyl sites for hydroxylation is 2. The lowest BCUT2D eigenvalue weighted by Gasteiger charge is -2.16. The number of hydrogen-bond donors (Lipinski definition) is 1. The Morgan fingerprint density at radius 2 is 1.70 bits per heavy atom. The average Bonchev–Trinajstić information content (AvgIpc) is 2.96. The zero-order valence-electron chi connectivity index (χ0n) is 22.7. The van der Waals surface area contributed by atoms with E-state index in [0.29, 0.717) is 47.1 Å². The third kappa shape index (κ3) is 6.84. The molecular weight excluding hydrogens is 546 g/mol. The largest absolute Gasteiger partial charge is 0.497 e.